The van der Waals surface area contributed by atoms with Gasteiger partial charge in [0.25, 0.3) is 11.8 Å². The van der Waals surface area contributed by atoms with Crippen molar-refractivity contribution < 1.29 is 19.2 Å². The fraction of sp³-hybridized carbons (Fsp3) is 0.273. The molecule has 2 aromatic rings. The van der Waals surface area contributed by atoms with Gasteiger partial charge in [-0.25, -0.2) is 0 Å². The first-order valence-electron chi connectivity index (χ1n) is 9.65. The van der Waals surface area contributed by atoms with Crippen LogP contribution in [0, 0.1) is 0 Å². The SMILES string of the molecule is CCCC(=O)Nc1ccccc1NC(=O)CCCN1C(=O)c2ccccc2C1=O. The predicted molar refractivity (Wildman–Crippen MR) is 110 cm³/mol. The van der Waals surface area contributed by atoms with Gasteiger partial charge in [-0.1, -0.05) is 31.2 Å². The van der Waals surface area contributed by atoms with Gasteiger partial charge < -0.3 is 10.6 Å². The highest BCUT2D eigenvalue weighted by atomic mass is 16.2. The van der Waals surface area contributed by atoms with E-state index in [1.54, 1.807) is 48.5 Å². The maximum absolute atomic E-state index is 12.3. The number of hydrogen-bond donors (Lipinski definition) is 2. The smallest absolute Gasteiger partial charge is 0.261 e. The normalized spacial score (nSPS) is 12.7. The van der Waals surface area contributed by atoms with Crippen LogP contribution in [0.15, 0.2) is 48.5 Å². The largest absolute Gasteiger partial charge is 0.324 e. The number of imide groups is 1. The molecule has 7 heteroatoms. The number of nitrogens with one attached hydrogen (secondary N) is 2. The average Bonchev–Trinajstić information content (AvgIpc) is 2.95. The zero-order valence-electron chi connectivity index (χ0n) is 16.2. The molecule has 2 N–H and O–H groups in total. The molecule has 0 bridgehead atoms. The Kier molecular flexibility index (Phi) is 6.39. The summed E-state index contributed by atoms with van der Waals surface area (Å²) in [5.74, 6) is -1.01. The molecule has 3 rings (SSSR count). The van der Waals surface area contributed by atoms with Crippen molar-refractivity contribution in [2.24, 2.45) is 0 Å². The lowest BCUT2D eigenvalue weighted by molar-refractivity contribution is -0.117. The minimum Gasteiger partial charge on any atom is -0.324 e. The summed E-state index contributed by atoms with van der Waals surface area (Å²) < 4.78 is 0. The van der Waals surface area contributed by atoms with Crippen molar-refractivity contribution in [3.63, 3.8) is 0 Å². The quantitative estimate of drug-likeness (QED) is 0.672. The number of benzene rings is 2. The molecule has 2 aromatic carbocycles. The van der Waals surface area contributed by atoms with E-state index in [2.05, 4.69) is 10.6 Å². The molecule has 0 atom stereocenters. The molecular weight excluding hydrogens is 370 g/mol. The zero-order valence-corrected chi connectivity index (χ0v) is 16.2. The summed E-state index contributed by atoms with van der Waals surface area (Å²) in [5, 5.41) is 5.57. The van der Waals surface area contributed by atoms with Gasteiger partial charge in [0.2, 0.25) is 11.8 Å². The van der Waals surface area contributed by atoms with Crippen LogP contribution in [0.2, 0.25) is 0 Å². The number of nitrogens with zero attached hydrogens (tertiary/aromatic N) is 1. The molecule has 1 aliphatic heterocycles. The fourth-order valence-corrected chi connectivity index (χ4v) is 3.19. The fourth-order valence-electron chi connectivity index (χ4n) is 3.19. The molecule has 0 saturated heterocycles. The van der Waals surface area contributed by atoms with Crippen LogP contribution < -0.4 is 10.6 Å². The molecule has 0 spiro atoms. The van der Waals surface area contributed by atoms with Gasteiger partial charge in [0.15, 0.2) is 0 Å². The van der Waals surface area contributed by atoms with Gasteiger partial charge in [0.1, 0.15) is 0 Å². The van der Waals surface area contributed by atoms with Crippen LogP contribution in [-0.4, -0.2) is 35.1 Å². The molecule has 0 fully saturated rings. The molecule has 4 amide bonds. The van der Waals surface area contributed by atoms with Gasteiger partial charge in [-0.3, -0.25) is 24.1 Å². The van der Waals surface area contributed by atoms with Gasteiger partial charge >= 0.3 is 0 Å². The monoisotopic (exact) mass is 393 g/mol. The van der Waals surface area contributed by atoms with Crippen LogP contribution in [-0.2, 0) is 9.59 Å². The van der Waals surface area contributed by atoms with Crippen LogP contribution in [0.5, 0.6) is 0 Å². The molecule has 7 nitrogen and oxygen atoms in total. The molecule has 1 aliphatic rings. The van der Waals surface area contributed by atoms with E-state index < -0.39 is 0 Å². The van der Waals surface area contributed by atoms with E-state index in [0.29, 0.717) is 35.3 Å². The first-order valence-corrected chi connectivity index (χ1v) is 9.65. The summed E-state index contributed by atoms with van der Waals surface area (Å²) >= 11 is 0. The van der Waals surface area contributed by atoms with Crippen LogP contribution in [0.25, 0.3) is 0 Å². The van der Waals surface area contributed by atoms with Crippen LogP contribution in [0.4, 0.5) is 11.4 Å². The Balaban J connectivity index is 1.53. The van der Waals surface area contributed by atoms with E-state index in [4.69, 9.17) is 0 Å². The Labute approximate surface area is 169 Å². The van der Waals surface area contributed by atoms with Crippen LogP contribution in [0.3, 0.4) is 0 Å². The topological polar surface area (TPSA) is 95.6 Å². The number of anilines is 2. The second-order valence-electron chi connectivity index (χ2n) is 6.80. The minimum atomic E-state index is -0.324. The second-order valence-corrected chi connectivity index (χ2v) is 6.80. The second kappa shape index (κ2) is 9.14. The lowest BCUT2D eigenvalue weighted by Gasteiger charge is -2.14. The van der Waals surface area contributed by atoms with E-state index in [1.165, 1.54) is 4.90 Å². The van der Waals surface area contributed by atoms with Crippen molar-refractivity contribution in [1.29, 1.82) is 0 Å². The number of para-hydroxylation sites is 2. The summed E-state index contributed by atoms with van der Waals surface area (Å²) in [4.78, 5) is 50.0. The molecule has 0 radical (unpaired) electrons. The first-order chi connectivity index (χ1) is 14.0. The maximum Gasteiger partial charge on any atom is 0.261 e. The van der Waals surface area contributed by atoms with Gasteiger partial charge in [-0.15, -0.1) is 0 Å². The van der Waals surface area contributed by atoms with Crippen LogP contribution >= 0.6 is 0 Å². The van der Waals surface area contributed by atoms with Crippen molar-refractivity contribution >= 4 is 35.0 Å². The van der Waals surface area contributed by atoms with Crippen molar-refractivity contribution in [3.8, 4) is 0 Å². The van der Waals surface area contributed by atoms with E-state index in [0.717, 1.165) is 6.42 Å². The van der Waals surface area contributed by atoms with Gasteiger partial charge in [0, 0.05) is 19.4 Å². The van der Waals surface area contributed by atoms with Gasteiger partial charge in [0.05, 0.1) is 22.5 Å². The summed E-state index contributed by atoms with van der Waals surface area (Å²) in [5.41, 5.74) is 1.86. The average molecular weight is 393 g/mol. The lowest BCUT2D eigenvalue weighted by Crippen LogP contribution is -2.31. The first kappa shape index (κ1) is 20.3. The highest BCUT2D eigenvalue weighted by Gasteiger charge is 2.34. The number of carbonyl (C=O) groups is 4. The minimum absolute atomic E-state index is 0.111. The summed E-state index contributed by atoms with van der Waals surface area (Å²) in [6, 6.07) is 13.7. The van der Waals surface area contributed by atoms with Gasteiger partial charge in [-0.05, 0) is 37.1 Å². The Bertz CT molecular complexity index is 920. The predicted octanol–water partition coefficient (Wildman–Crippen LogP) is 3.44. The molecular formula is C22H23N3O4. The zero-order chi connectivity index (χ0) is 20.8. The highest BCUT2D eigenvalue weighted by Crippen LogP contribution is 2.24. The summed E-state index contributed by atoms with van der Waals surface area (Å²) in [6.45, 7) is 2.09. The van der Waals surface area contributed by atoms with Crippen molar-refractivity contribution in [2.45, 2.75) is 32.6 Å². The van der Waals surface area contributed by atoms with E-state index in [1.807, 2.05) is 6.92 Å². The standard InChI is InChI=1S/C22H23N3O4/c1-2-8-19(26)23-17-11-5-6-12-18(17)24-20(27)13-7-14-25-21(28)15-9-3-4-10-16(15)22(25)29/h3-6,9-12H,2,7-8,13-14H2,1H3,(H,23,26)(H,24,27). The Morgan fingerprint density at radius 3 is 1.79 bits per heavy atom. The number of hydrogen-bond acceptors (Lipinski definition) is 4. The highest BCUT2D eigenvalue weighted by molar-refractivity contribution is 6.21. The molecule has 0 aliphatic carbocycles. The number of rotatable bonds is 8. The van der Waals surface area contributed by atoms with E-state index in [-0.39, 0.29) is 36.6 Å². The third-order valence-electron chi connectivity index (χ3n) is 4.62. The molecule has 29 heavy (non-hydrogen) atoms. The molecule has 1 heterocycles. The summed E-state index contributed by atoms with van der Waals surface area (Å²) in [7, 11) is 0. The Morgan fingerprint density at radius 1 is 0.793 bits per heavy atom. The Morgan fingerprint density at radius 2 is 1.28 bits per heavy atom. The molecule has 0 saturated carbocycles. The Hall–Kier alpha value is -3.48. The molecule has 150 valence electrons. The van der Waals surface area contributed by atoms with E-state index >= 15 is 0 Å². The van der Waals surface area contributed by atoms with Crippen molar-refractivity contribution in [3.05, 3.63) is 59.7 Å². The molecule has 0 aromatic heterocycles. The summed E-state index contributed by atoms with van der Waals surface area (Å²) in [6.07, 6.45) is 1.63. The van der Waals surface area contributed by atoms with E-state index in [9.17, 15) is 19.2 Å². The van der Waals surface area contributed by atoms with Crippen LogP contribution in [0.1, 0.15) is 53.3 Å². The number of carbonyl (C=O) groups excluding carboxylic acids is 4. The third kappa shape index (κ3) is 4.68. The lowest BCUT2D eigenvalue weighted by atomic mass is 10.1. The van der Waals surface area contributed by atoms with Crippen molar-refractivity contribution in [2.75, 3.05) is 17.2 Å². The number of amides is 4. The number of fused-ring (bicyclic) bond motifs is 1. The molecule has 0 unspecified atom stereocenters. The van der Waals surface area contributed by atoms with Gasteiger partial charge in [-0.2, -0.15) is 0 Å². The maximum atomic E-state index is 12.3. The van der Waals surface area contributed by atoms with Crippen molar-refractivity contribution in [1.82, 2.24) is 4.90 Å². The third-order valence-corrected chi connectivity index (χ3v) is 4.62.